The molecule has 88 valence electrons. The Morgan fingerprint density at radius 1 is 1.35 bits per heavy atom. The number of aryl methyl sites for hydroxylation is 1. The van der Waals surface area contributed by atoms with Crippen LogP contribution in [0.25, 0.3) is 11.3 Å². The molecule has 0 spiro atoms. The number of benzene rings is 1. The lowest BCUT2D eigenvalue weighted by Crippen LogP contribution is -2.11. The second kappa shape index (κ2) is 5.01. The highest BCUT2D eigenvalue weighted by Gasteiger charge is 2.07. The Morgan fingerprint density at radius 2 is 2.06 bits per heavy atom. The molecule has 0 aliphatic rings. The predicted octanol–water partition coefficient (Wildman–Crippen LogP) is 2.41. The molecule has 0 saturated carbocycles. The number of primary amides is 1. The van der Waals surface area contributed by atoms with Crippen LogP contribution in [-0.4, -0.2) is 10.9 Å². The summed E-state index contributed by atoms with van der Waals surface area (Å²) in [5, 5.41) is 0.669. The normalized spacial score (nSPS) is 10.4. The Morgan fingerprint density at radius 3 is 2.71 bits per heavy atom. The average molecular weight is 251 g/mol. The average Bonchev–Trinajstić information content (AvgIpc) is 2.76. The molecule has 0 unspecified atom stereocenters. The van der Waals surface area contributed by atoms with E-state index in [0.717, 1.165) is 5.56 Å². The van der Waals surface area contributed by atoms with Gasteiger partial charge in [0.2, 0.25) is 5.91 Å². The van der Waals surface area contributed by atoms with Crippen molar-refractivity contribution in [3.8, 4) is 11.3 Å². The molecule has 0 atom stereocenters. The van der Waals surface area contributed by atoms with E-state index in [1.807, 2.05) is 12.1 Å². The Kier molecular flexibility index (Phi) is 3.44. The van der Waals surface area contributed by atoms with Crippen LogP contribution in [0.15, 0.2) is 34.9 Å². The fourth-order valence-electron chi connectivity index (χ4n) is 1.40. The van der Waals surface area contributed by atoms with E-state index in [0.29, 0.717) is 23.1 Å². The molecule has 0 radical (unpaired) electrons. The molecule has 1 aromatic carbocycles. The Hall–Kier alpha value is -1.81. The summed E-state index contributed by atoms with van der Waals surface area (Å²) in [7, 11) is 0. The van der Waals surface area contributed by atoms with E-state index in [1.165, 1.54) is 0 Å². The third kappa shape index (κ3) is 3.07. The molecule has 0 aliphatic carbocycles. The number of nitrogens with zero attached hydrogens (tertiary/aromatic N) is 1. The van der Waals surface area contributed by atoms with E-state index in [1.54, 1.807) is 18.3 Å². The van der Waals surface area contributed by atoms with Crippen molar-refractivity contribution < 1.29 is 9.21 Å². The molecule has 2 rings (SSSR count). The van der Waals surface area contributed by atoms with Crippen LogP contribution in [0.1, 0.15) is 12.3 Å². The SMILES string of the molecule is NC(=O)CCc1ncc(-c2ccc(Cl)cc2)o1. The van der Waals surface area contributed by atoms with E-state index < -0.39 is 0 Å². The minimum Gasteiger partial charge on any atom is -0.441 e. The molecule has 2 aromatic rings. The van der Waals surface area contributed by atoms with Crippen molar-refractivity contribution in [3.63, 3.8) is 0 Å². The third-order valence-corrected chi connectivity index (χ3v) is 2.52. The quantitative estimate of drug-likeness (QED) is 0.906. The summed E-state index contributed by atoms with van der Waals surface area (Å²) in [5.41, 5.74) is 5.95. The maximum absolute atomic E-state index is 10.6. The summed E-state index contributed by atoms with van der Waals surface area (Å²) >= 11 is 5.79. The van der Waals surface area contributed by atoms with Gasteiger partial charge in [-0.15, -0.1) is 0 Å². The van der Waals surface area contributed by atoms with Crippen molar-refractivity contribution in [2.45, 2.75) is 12.8 Å². The maximum Gasteiger partial charge on any atom is 0.217 e. The van der Waals surface area contributed by atoms with Gasteiger partial charge in [-0.3, -0.25) is 4.79 Å². The Labute approximate surface area is 103 Å². The van der Waals surface area contributed by atoms with Gasteiger partial charge >= 0.3 is 0 Å². The molecule has 4 nitrogen and oxygen atoms in total. The second-order valence-electron chi connectivity index (χ2n) is 3.59. The van der Waals surface area contributed by atoms with Gasteiger partial charge in [-0.1, -0.05) is 11.6 Å². The number of halogens is 1. The molecule has 0 aliphatic heterocycles. The van der Waals surface area contributed by atoms with Gasteiger partial charge in [0, 0.05) is 23.4 Å². The predicted molar refractivity (Wildman–Crippen MR) is 64.5 cm³/mol. The van der Waals surface area contributed by atoms with Crippen LogP contribution in [-0.2, 0) is 11.2 Å². The first-order valence-electron chi connectivity index (χ1n) is 5.14. The third-order valence-electron chi connectivity index (χ3n) is 2.27. The number of amides is 1. The van der Waals surface area contributed by atoms with Crippen LogP contribution in [0.2, 0.25) is 5.02 Å². The molecule has 1 aromatic heterocycles. The van der Waals surface area contributed by atoms with Crippen LogP contribution in [0.3, 0.4) is 0 Å². The van der Waals surface area contributed by atoms with Crippen molar-refractivity contribution in [2.24, 2.45) is 5.73 Å². The Balaban J connectivity index is 2.12. The maximum atomic E-state index is 10.6. The Bertz CT molecular complexity index is 520. The molecular formula is C12H11ClN2O2. The topological polar surface area (TPSA) is 69.1 Å². The van der Waals surface area contributed by atoms with Gasteiger partial charge in [-0.2, -0.15) is 0 Å². The standard InChI is InChI=1S/C12H11ClN2O2/c13-9-3-1-8(2-4-9)10-7-15-12(17-10)6-5-11(14)16/h1-4,7H,5-6H2,(H2,14,16). The molecule has 0 saturated heterocycles. The summed E-state index contributed by atoms with van der Waals surface area (Å²) < 4.78 is 5.50. The molecule has 1 amide bonds. The molecule has 2 N–H and O–H groups in total. The van der Waals surface area contributed by atoms with E-state index in [9.17, 15) is 4.79 Å². The lowest BCUT2D eigenvalue weighted by molar-refractivity contribution is -0.118. The first-order chi connectivity index (χ1) is 8.15. The fraction of sp³-hybridized carbons (Fsp3) is 0.167. The number of hydrogen-bond acceptors (Lipinski definition) is 3. The number of carbonyl (C=O) groups is 1. The minimum absolute atomic E-state index is 0.237. The van der Waals surface area contributed by atoms with E-state index in [-0.39, 0.29) is 12.3 Å². The highest BCUT2D eigenvalue weighted by Crippen LogP contribution is 2.22. The summed E-state index contributed by atoms with van der Waals surface area (Å²) in [6, 6.07) is 7.26. The summed E-state index contributed by atoms with van der Waals surface area (Å²) in [6.45, 7) is 0. The molecule has 5 heteroatoms. The van der Waals surface area contributed by atoms with Crippen LogP contribution in [0, 0.1) is 0 Å². The zero-order valence-electron chi connectivity index (χ0n) is 9.02. The van der Waals surface area contributed by atoms with Gasteiger partial charge in [-0.05, 0) is 24.3 Å². The van der Waals surface area contributed by atoms with Crippen molar-refractivity contribution in [2.75, 3.05) is 0 Å². The number of hydrogen-bond donors (Lipinski definition) is 1. The smallest absolute Gasteiger partial charge is 0.217 e. The van der Waals surface area contributed by atoms with Crippen LogP contribution < -0.4 is 5.73 Å². The fourth-order valence-corrected chi connectivity index (χ4v) is 1.53. The molecule has 1 heterocycles. The first-order valence-corrected chi connectivity index (χ1v) is 5.52. The number of rotatable bonds is 4. The second-order valence-corrected chi connectivity index (χ2v) is 4.03. The number of nitrogens with two attached hydrogens (primary N) is 1. The van der Waals surface area contributed by atoms with Gasteiger partial charge in [-0.25, -0.2) is 4.98 Å². The lowest BCUT2D eigenvalue weighted by Gasteiger charge is -1.96. The molecule has 0 bridgehead atoms. The summed E-state index contributed by atoms with van der Waals surface area (Å²) in [6.07, 6.45) is 2.28. The summed E-state index contributed by atoms with van der Waals surface area (Å²) in [5.74, 6) is 0.797. The molecule has 0 fully saturated rings. The minimum atomic E-state index is -0.365. The number of carbonyl (C=O) groups excluding carboxylic acids is 1. The van der Waals surface area contributed by atoms with Gasteiger partial charge < -0.3 is 10.2 Å². The van der Waals surface area contributed by atoms with Crippen molar-refractivity contribution in [1.29, 1.82) is 0 Å². The highest BCUT2D eigenvalue weighted by molar-refractivity contribution is 6.30. The largest absolute Gasteiger partial charge is 0.441 e. The van der Waals surface area contributed by atoms with E-state index in [4.69, 9.17) is 21.8 Å². The van der Waals surface area contributed by atoms with Crippen molar-refractivity contribution in [3.05, 3.63) is 41.4 Å². The van der Waals surface area contributed by atoms with E-state index >= 15 is 0 Å². The van der Waals surface area contributed by atoms with E-state index in [2.05, 4.69) is 4.98 Å². The van der Waals surface area contributed by atoms with Crippen molar-refractivity contribution in [1.82, 2.24) is 4.98 Å². The molecular weight excluding hydrogens is 240 g/mol. The summed E-state index contributed by atoms with van der Waals surface area (Å²) in [4.78, 5) is 14.7. The zero-order chi connectivity index (χ0) is 12.3. The van der Waals surface area contributed by atoms with Crippen LogP contribution >= 0.6 is 11.6 Å². The van der Waals surface area contributed by atoms with Crippen LogP contribution in [0.4, 0.5) is 0 Å². The van der Waals surface area contributed by atoms with Gasteiger partial charge in [0.05, 0.1) is 6.20 Å². The lowest BCUT2D eigenvalue weighted by atomic mass is 10.2. The van der Waals surface area contributed by atoms with Gasteiger partial charge in [0.25, 0.3) is 0 Å². The van der Waals surface area contributed by atoms with Gasteiger partial charge in [0.15, 0.2) is 11.7 Å². The number of aromatic nitrogens is 1. The first kappa shape index (κ1) is 11.7. The van der Waals surface area contributed by atoms with Crippen LogP contribution in [0.5, 0.6) is 0 Å². The van der Waals surface area contributed by atoms with Gasteiger partial charge in [0.1, 0.15) is 0 Å². The zero-order valence-corrected chi connectivity index (χ0v) is 9.78. The molecule has 17 heavy (non-hydrogen) atoms. The highest BCUT2D eigenvalue weighted by atomic mass is 35.5. The van der Waals surface area contributed by atoms with Crippen molar-refractivity contribution >= 4 is 17.5 Å². The number of oxazole rings is 1. The monoisotopic (exact) mass is 250 g/mol.